The van der Waals surface area contributed by atoms with Crippen LogP contribution in [0.25, 0.3) is 16.9 Å². The van der Waals surface area contributed by atoms with Gasteiger partial charge in [0, 0.05) is 17.2 Å². The van der Waals surface area contributed by atoms with E-state index in [-0.39, 0.29) is 35.4 Å². The van der Waals surface area contributed by atoms with E-state index in [1.54, 1.807) is 28.5 Å². The van der Waals surface area contributed by atoms with Crippen molar-refractivity contribution in [2.24, 2.45) is 0 Å². The molecule has 0 bridgehead atoms. The Morgan fingerprint density at radius 2 is 1.74 bits per heavy atom. The Balaban J connectivity index is 1.80. The lowest BCUT2D eigenvalue weighted by atomic mass is 9.97. The van der Waals surface area contributed by atoms with E-state index in [1.165, 1.54) is 0 Å². The highest BCUT2D eigenvalue weighted by atomic mass is 32.2. The molecule has 0 radical (unpaired) electrons. The fraction of sp³-hybridized carbons (Fsp3) is 0.258. The number of aryl methyl sites for hydroxylation is 1. The minimum atomic E-state index is -0.215. The van der Waals surface area contributed by atoms with Gasteiger partial charge in [-0.25, -0.2) is 4.68 Å². The first-order valence-corrected chi connectivity index (χ1v) is 14.0. The maximum Gasteiger partial charge on any atom is 0.240 e. The third kappa shape index (κ3) is 5.43. The Labute approximate surface area is 233 Å². The third-order valence-corrected chi connectivity index (χ3v) is 7.91. The van der Waals surface area contributed by atoms with E-state index < -0.39 is 0 Å². The minimum Gasteiger partial charge on any atom is -0.497 e. The maximum absolute atomic E-state index is 13.8. The van der Waals surface area contributed by atoms with Crippen LogP contribution in [0.1, 0.15) is 35.8 Å². The molecule has 2 heterocycles. The smallest absolute Gasteiger partial charge is 0.240 e. The fourth-order valence-corrected chi connectivity index (χ4v) is 6.16. The second-order valence-corrected chi connectivity index (χ2v) is 10.9. The van der Waals surface area contributed by atoms with Gasteiger partial charge in [-0.2, -0.15) is 5.10 Å². The van der Waals surface area contributed by atoms with Gasteiger partial charge in [0.2, 0.25) is 11.8 Å². The van der Waals surface area contributed by atoms with Gasteiger partial charge < -0.3 is 10.1 Å². The second kappa shape index (κ2) is 11.4. The lowest BCUT2D eigenvalue weighted by Crippen LogP contribution is -2.44. The number of hydrogen-bond donors (Lipinski definition) is 1. The second-order valence-electron chi connectivity index (χ2n) is 9.81. The molecule has 1 atom stereocenters. The monoisotopic (exact) mass is 540 g/mol. The van der Waals surface area contributed by atoms with Crippen LogP contribution < -0.4 is 15.0 Å². The molecule has 0 aliphatic carbocycles. The van der Waals surface area contributed by atoms with Crippen LogP contribution in [-0.2, 0) is 9.59 Å². The van der Waals surface area contributed by atoms with Gasteiger partial charge in [0.1, 0.15) is 18.1 Å². The van der Waals surface area contributed by atoms with Crippen molar-refractivity contribution in [1.82, 2.24) is 15.1 Å². The van der Waals surface area contributed by atoms with E-state index in [0.29, 0.717) is 5.82 Å². The summed E-state index contributed by atoms with van der Waals surface area (Å²) in [6, 6.07) is 25.8. The molecule has 4 aromatic rings. The summed E-state index contributed by atoms with van der Waals surface area (Å²) in [4.78, 5) is 28.4. The summed E-state index contributed by atoms with van der Waals surface area (Å²) in [7, 11) is 1.63. The zero-order valence-corrected chi connectivity index (χ0v) is 23.4. The number of amides is 2. The van der Waals surface area contributed by atoms with E-state index in [9.17, 15) is 9.59 Å². The van der Waals surface area contributed by atoms with Crippen LogP contribution in [-0.4, -0.2) is 47.0 Å². The van der Waals surface area contributed by atoms with Crippen LogP contribution >= 0.6 is 11.8 Å². The summed E-state index contributed by atoms with van der Waals surface area (Å²) in [5.41, 5.74) is 5.67. The molecule has 7 nitrogen and oxygen atoms in total. The number of fused-ring (bicyclic) bond motifs is 1. The summed E-state index contributed by atoms with van der Waals surface area (Å²) in [5, 5.41) is 7.90. The van der Waals surface area contributed by atoms with Crippen molar-refractivity contribution in [2.45, 2.75) is 32.1 Å². The van der Waals surface area contributed by atoms with Gasteiger partial charge in [-0.1, -0.05) is 54.6 Å². The molecule has 0 fully saturated rings. The molecule has 0 saturated heterocycles. The molecule has 200 valence electrons. The van der Waals surface area contributed by atoms with Crippen LogP contribution in [0.4, 0.5) is 5.82 Å². The number of carbonyl (C=O) groups is 2. The third-order valence-electron chi connectivity index (χ3n) is 6.68. The summed E-state index contributed by atoms with van der Waals surface area (Å²) in [5.74, 6) is 1.22. The Kier molecular flexibility index (Phi) is 7.74. The average molecular weight is 541 g/mol. The van der Waals surface area contributed by atoms with Crippen LogP contribution in [0.2, 0.25) is 0 Å². The lowest BCUT2D eigenvalue weighted by molar-refractivity contribution is -0.123. The van der Waals surface area contributed by atoms with Crippen molar-refractivity contribution in [1.29, 1.82) is 0 Å². The van der Waals surface area contributed by atoms with Crippen LogP contribution in [0.15, 0.2) is 78.9 Å². The number of rotatable bonds is 7. The van der Waals surface area contributed by atoms with Gasteiger partial charge in [-0.05, 0) is 56.2 Å². The SMILES string of the molecule is COc1ccc(-n2nc(-c3ccccc3)c3c2N(CC(=O)NC(C)C)C(=O)CSC3c2ccccc2C)cc1. The predicted octanol–water partition coefficient (Wildman–Crippen LogP) is 5.55. The molecule has 2 amide bonds. The van der Waals surface area contributed by atoms with Crippen molar-refractivity contribution in [3.05, 3.63) is 95.6 Å². The molecule has 1 N–H and O–H groups in total. The molecule has 1 aliphatic heterocycles. The van der Waals surface area contributed by atoms with E-state index >= 15 is 0 Å². The first-order chi connectivity index (χ1) is 18.9. The molecule has 8 heteroatoms. The minimum absolute atomic E-state index is 0.0421. The highest BCUT2D eigenvalue weighted by Gasteiger charge is 2.38. The highest BCUT2D eigenvalue weighted by Crippen LogP contribution is 2.49. The number of nitrogens with zero attached hydrogens (tertiary/aromatic N) is 3. The summed E-state index contributed by atoms with van der Waals surface area (Å²) < 4.78 is 7.18. The molecule has 3 aromatic carbocycles. The van der Waals surface area contributed by atoms with E-state index in [4.69, 9.17) is 9.84 Å². The predicted molar refractivity (Wildman–Crippen MR) is 157 cm³/mol. The molecule has 0 saturated carbocycles. The quantitative estimate of drug-likeness (QED) is 0.333. The lowest BCUT2D eigenvalue weighted by Gasteiger charge is -2.24. The molecule has 0 spiro atoms. The molecule has 1 aliphatic rings. The number of carbonyl (C=O) groups excluding carboxylic acids is 2. The molecular formula is C31H32N4O3S. The number of hydrogen-bond acceptors (Lipinski definition) is 5. The summed E-state index contributed by atoms with van der Waals surface area (Å²) >= 11 is 1.57. The zero-order valence-electron chi connectivity index (χ0n) is 22.5. The van der Waals surface area contributed by atoms with E-state index in [1.807, 2.05) is 80.6 Å². The molecule has 39 heavy (non-hydrogen) atoms. The van der Waals surface area contributed by atoms with Crippen LogP contribution in [0, 0.1) is 6.92 Å². The number of nitrogens with one attached hydrogen (secondary N) is 1. The van der Waals surface area contributed by atoms with Crippen molar-refractivity contribution < 1.29 is 14.3 Å². The largest absolute Gasteiger partial charge is 0.497 e. The van der Waals surface area contributed by atoms with Gasteiger partial charge in [0.05, 0.1) is 29.5 Å². The Morgan fingerprint density at radius 1 is 1.05 bits per heavy atom. The number of anilines is 1. The number of methoxy groups -OCH3 is 1. The number of thioether (sulfide) groups is 1. The van der Waals surface area contributed by atoms with Gasteiger partial charge in [-0.3, -0.25) is 14.5 Å². The Hall–Kier alpha value is -4.04. The van der Waals surface area contributed by atoms with Crippen molar-refractivity contribution in [2.75, 3.05) is 24.3 Å². The Bertz CT molecular complexity index is 1480. The Morgan fingerprint density at radius 3 is 2.41 bits per heavy atom. The topological polar surface area (TPSA) is 76.5 Å². The molecule has 1 unspecified atom stereocenters. The van der Waals surface area contributed by atoms with Crippen molar-refractivity contribution in [3.8, 4) is 22.7 Å². The number of ether oxygens (including phenoxy) is 1. The van der Waals surface area contributed by atoms with Gasteiger partial charge in [-0.15, -0.1) is 11.8 Å². The number of aromatic nitrogens is 2. The average Bonchev–Trinajstić information content (AvgIpc) is 3.26. The first kappa shape index (κ1) is 26.6. The van der Waals surface area contributed by atoms with Crippen LogP contribution in [0.5, 0.6) is 5.75 Å². The number of benzene rings is 3. The maximum atomic E-state index is 13.8. The first-order valence-electron chi connectivity index (χ1n) is 13.0. The molecule has 1 aromatic heterocycles. The van der Waals surface area contributed by atoms with Crippen LogP contribution in [0.3, 0.4) is 0 Å². The fourth-order valence-electron chi connectivity index (χ4n) is 4.87. The standard InChI is InChI=1S/C31H32N4O3S/c1-20(2)32-26(36)18-34-27(37)19-39-30(25-13-9-8-10-21(25)3)28-29(22-11-6-5-7-12-22)33-35(31(28)34)23-14-16-24(38-4)17-15-23/h5-17,20,30H,18-19H2,1-4H3,(H,32,36). The highest BCUT2D eigenvalue weighted by molar-refractivity contribution is 8.00. The van der Waals surface area contributed by atoms with Gasteiger partial charge in [0.25, 0.3) is 0 Å². The van der Waals surface area contributed by atoms with E-state index in [0.717, 1.165) is 39.4 Å². The molecular weight excluding hydrogens is 508 g/mol. The normalized spacial score (nSPS) is 15.2. The zero-order chi connectivity index (χ0) is 27.5. The van der Waals surface area contributed by atoms with Crippen molar-refractivity contribution >= 4 is 29.4 Å². The van der Waals surface area contributed by atoms with Crippen molar-refractivity contribution in [3.63, 3.8) is 0 Å². The molecule has 5 rings (SSSR count). The summed E-state index contributed by atoms with van der Waals surface area (Å²) in [6.45, 7) is 5.81. The summed E-state index contributed by atoms with van der Waals surface area (Å²) in [6.07, 6.45) is 0. The van der Waals surface area contributed by atoms with Gasteiger partial charge >= 0.3 is 0 Å². The van der Waals surface area contributed by atoms with Gasteiger partial charge in [0.15, 0.2) is 0 Å². The van der Waals surface area contributed by atoms with E-state index in [2.05, 4.69) is 24.4 Å².